The van der Waals surface area contributed by atoms with Gasteiger partial charge in [-0.3, -0.25) is 9.59 Å². The number of hydrogen-bond donors (Lipinski definition) is 0. The molecule has 0 atom stereocenters. The molecule has 27 heavy (non-hydrogen) atoms. The van der Waals surface area contributed by atoms with Crippen LogP contribution in [0.5, 0.6) is 5.75 Å². The van der Waals surface area contributed by atoms with Crippen LogP contribution in [-0.2, 0) is 9.59 Å². The molecule has 0 aromatic heterocycles. The molecule has 0 saturated carbocycles. The van der Waals surface area contributed by atoms with Gasteiger partial charge >= 0.3 is 0 Å². The summed E-state index contributed by atoms with van der Waals surface area (Å²) >= 11 is 6.24. The lowest BCUT2D eigenvalue weighted by Crippen LogP contribution is -2.31. The van der Waals surface area contributed by atoms with Crippen molar-refractivity contribution in [2.75, 3.05) is 23.9 Å². The molecule has 0 bridgehead atoms. The molecular formula is C21H21ClN2O3. The fraction of sp³-hybridized carbons (Fsp3) is 0.238. The van der Waals surface area contributed by atoms with E-state index in [0.717, 1.165) is 10.6 Å². The third kappa shape index (κ3) is 3.69. The Kier molecular flexibility index (Phi) is 5.24. The molecule has 1 aliphatic rings. The summed E-state index contributed by atoms with van der Waals surface area (Å²) < 4.78 is 5.61. The first-order chi connectivity index (χ1) is 12.8. The van der Waals surface area contributed by atoms with Crippen molar-refractivity contribution < 1.29 is 14.3 Å². The Balaban J connectivity index is 1.90. The van der Waals surface area contributed by atoms with Crippen LogP contribution in [0.25, 0.3) is 5.57 Å². The second kappa shape index (κ2) is 7.45. The quantitative estimate of drug-likeness (QED) is 0.729. The van der Waals surface area contributed by atoms with Crippen LogP contribution in [0.1, 0.15) is 19.4 Å². The van der Waals surface area contributed by atoms with Gasteiger partial charge in [-0.25, -0.2) is 4.90 Å². The van der Waals surface area contributed by atoms with E-state index in [9.17, 15) is 9.59 Å². The molecule has 2 amide bonds. The second-order valence-electron chi connectivity index (χ2n) is 6.74. The molecule has 0 fully saturated rings. The van der Waals surface area contributed by atoms with Gasteiger partial charge in [-0.1, -0.05) is 23.7 Å². The number of carbonyl (C=O) groups is 2. The van der Waals surface area contributed by atoms with Crippen LogP contribution in [0.3, 0.4) is 0 Å². The van der Waals surface area contributed by atoms with Crippen LogP contribution < -0.4 is 14.5 Å². The maximum Gasteiger partial charge on any atom is 0.277 e. The average molecular weight is 385 g/mol. The van der Waals surface area contributed by atoms with Gasteiger partial charge < -0.3 is 9.64 Å². The largest absolute Gasteiger partial charge is 0.491 e. The minimum Gasteiger partial charge on any atom is -0.491 e. The molecule has 5 nitrogen and oxygen atoms in total. The summed E-state index contributed by atoms with van der Waals surface area (Å²) in [5, 5.41) is -0.0748. The lowest BCUT2D eigenvalue weighted by atomic mass is 10.1. The molecule has 2 aromatic rings. The highest BCUT2D eigenvalue weighted by molar-refractivity contribution is 6.60. The molecule has 0 radical (unpaired) electrons. The van der Waals surface area contributed by atoms with E-state index in [2.05, 4.69) is 0 Å². The van der Waals surface area contributed by atoms with E-state index in [0.29, 0.717) is 17.0 Å². The van der Waals surface area contributed by atoms with Crippen molar-refractivity contribution in [3.05, 3.63) is 59.1 Å². The number of carbonyl (C=O) groups excluding carboxylic acids is 2. The summed E-state index contributed by atoms with van der Waals surface area (Å²) in [4.78, 5) is 28.6. The number of benzene rings is 2. The van der Waals surface area contributed by atoms with Crippen molar-refractivity contribution in [2.24, 2.45) is 0 Å². The fourth-order valence-electron chi connectivity index (χ4n) is 2.86. The van der Waals surface area contributed by atoms with Gasteiger partial charge in [0.15, 0.2) is 0 Å². The maximum atomic E-state index is 12.9. The van der Waals surface area contributed by atoms with Crippen molar-refractivity contribution in [3.63, 3.8) is 0 Å². The van der Waals surface area contributed by atoms with Crippen molar-refractivity contribution in [1.82, 2.24) is 0 Å². The minimum absolute atomic E-state index is 0.0500. The minimum atomic E-state index is -0.517. The second-order valence-corrected chi connectivity index (χ2v) is 7.11. The first-order valence-electron chi connectivity index (χ1n) is 8.62. The highest BCUT2D eigenvalue weighted by Gasteiger charge is 2.39. The topological polar surface area (TPSA) is 49.9 Å². The van der Waals surface area contributed by atoms with Crippen molar-refractivity contribution in [2.45, 2.75) is 20.0 Å². The fourth-order valence-corrected chi connectivity index (χ4v) is 3.13. The number of amides is 2. The smallest absolute Gasteiger partial charge is 0.277 e. The van der Waals surface area contributed by atoms with Gasteiger partial charge in [0.25, 0.3) is 11.8 Å². The van der Waals surface area contributed by atoms with E-state index in [4.69, 9.17) is 16.3 Å². The summed E-state index contributed by atoms with van der Waals surface area (Å²) in [6.45, 7) is 3.87. The Labute approximate surface area is 163 Å². The number of hydrogen-bond acceptors (Lipinski definition) is 4. The van der Waals surface area contributed by atoms with Gasteiger partial charge in [-0.05, 0) is 55.8 Å². The molecule has 0 saturated heterocycles. The SMILES string of the molecule is CC(C)Oc1ccc(C2=C(Cl)C(=O)N(c3ccc(N(C)C)cc3)C2=O)cc1. The predicted molar refractivity (Wildman–Crippen MR) is 108 cm³/mol. The monoisotopic (exact) mass is 384 g/mol. The number of imide groups is 1. The van der Waals surface area contributed by atoms with Crippen LogP contribution in [0.4, 0.5) is 11.4 Å². The molecule has 0 spiro atoms. The zero-order valence-electron chi connectivity index (χ0n) is 15.7. The van der Waals surface area contributed by atoms with Crippen LogP contribution in [0.2, 0.25) is 0 Å². The summed E-state index contributed by atoms with van der Waals surface area (Å²) in [6.07, 6.45) is 0.0500. The van der Waals surface area contributed by atoms with Crippen LogP contribution in [0, 0.1) is 0 Å². The molecule has 2 aromatic carbocycles. The molecule has 0 aliphatic carbocycles. The van der Waals surface area contributed by atoms with Gasteiger partial charge in [-0.2, -0.15) is 0 Å². The van der Waals surface area contributed by atoms with Crippen LogP contribution in [0.15, 0.2) is 53.6 Å². The Morgan fingerprint density at radius 2 is 1.52 bits per heavy atom. The van der Waals surface area contributed by atoms with Crippen LogP contribution >= 0.6 is 11.6 Å². The zero-order valence-corrected chi connectivity index (χ0v) is 16.4. The van der Waals surface area contributed by atoms with Crippen molar-refractivity contribution in [3.8, 4) is 5.75 Å². The average Bonchev–Trinajstić information content (AvgIpc) is 2.85. The van der Waals surface area contributed by atoms with Crippen molar-refractivity contribution >= 4 is 40.4 Å². The molecule has 6 heteroatoms. The molecule has 1 aliphatic heterocycles. The van der Waals surface area contributed by atoms with Crippen LogP contribution in [-0.4, -0.2) is 32.0 Å². The maximum absolute atomic E-state index is 12.9. The summed E-state index contributed by atoms with van der Waals surface area (Å²) in [5.41, 5.74) is 2.25. The highest BCUT2D eigenvalue weighted by atomic mass is 35.5. The summed E-state index contributed by atoms with van der Waals surface area (Å²) in [6, 6.07) is 14.2. The van der Waals surface area contributed by atoms with E-state index in [1.54, 1.807) is 36.4 Å². The van der Waals surface area contributed by atoms with Gasteiger partial charge in [0.05, 0.1) is 17.4 Å². The zero-order chi connectivity index (χ0) is 19.7. The van der Waals surface area contributed by atoms with Gasteiger partial charge in [0, 0.05) is 19.8 Å². The normalized spacial score (nSPS) is 14.4. The van der Waals surface area contributed by atoms with Gasteiger partial charge in [0.1, 0.15) is 10.8 Å². The Bertz CT molecular complexity index is 900. The third-order valence-corrected chi connectivity index (χ3v) is 4.52. The van der Waals surface area contributed by atoms with E-state index in [-0.39, 0.29) is 16.7 Å². The predicted octanol–water partition coefficient (Wildman–Crippen LogP) is 4.06. The highest BCUT2D eigenvalue weighted by Crippen LogP contribution is 2.35. The standard InChI is InChI=1S/C21H21ClN2O3/c1-13(2)27-17-11-5-14(6-12-17)18-19(22)21(26)24(20(18)25)16-9-7-15(8-10-16)23(3)4/h5-13H,1-4H3. The summed E-state index contributed by atoms with van der Waals surface area (Å²) in [5.74, 6) is -0.254. The first-order valence-corrected chi connectivity index (χ1v) is 9.00. The number of rotatable bonds is 5. The van der Waals surface area contributed by atoms with E-state index < -0.39 is 11.8 Å². The number of anilines is 2. The van der Waals surface area contributed by atoms with Crippen molar-refractivity contribution in [1.29, 1.82) is 0 Å². The molecule has 0 N–H and O–H groups in total. The lowest BCUT2D eigenvalue weighted by Gasteiger charge is -2.17. The lowest BCUT2D eigenvalue weighted by molar-refractivity contribution is -0.119. The van der Waals surface area contributed by atoms with Gasteiger partial charge in [-0.15, -0.1) is 0 Å². The van der Waals surface area contributed by atoms with E-state index in [1.807, 2.05) is 45.0 Å². The molecule has 1 heterocycles. The molecule has 0 unspecified atom stereocenters. The molecule has 3 rings (SSSR count). The molecular weight excluding hydrogens is 364 g/mol. The number of halogens is 1. The molecule has 140 valence electrons. The first kappa shape index (κ1) is 19.0. The van der Waals surface area contributed by atoms with E-state index in [1.165, 1.54) is 0 Å². The number of nitrogens with zero attached hydrogens (tertiary/aromatic N) is 2. The van der Waals surface area contributed by atoms with Gasteiger partial charge in [0.2, 0.25) is 0 Å². The third-order valence-electron chi connectivity index (χ3n) is 4.17. The Morgan fingerprint density at radius 1 is 0.926 bits per heavy atom. The summed E-state index contributed by atoms with van der Waals surface area (Å²) in [7, 11) is 3.84. The Morgan fingerprint density at radius 3 is 2.04 bits per heavy atom. The Hall–Kier alpha value is -2.79. The van der Waals surface area contributed by atoms with E-state index >= 15 is 0 Å². The number of ether oxygens (including phenoxy) is 1.